The van der Waals surface area contributed by atoms with E-state index in [4.69, 9.17) is 4.74 Å². The Balaban J connectivity index is 1.35. The summed E-state index contributed by atoms with van der Waals surface area (Å²) in [5.41, 5.74) is 1.47. The Labute approximate surface area is 184 Å². The molecule has 2 saturated carbocycles. The summed E-state index contributed by atoms with van der Waals surface area (Å²) in [6, 6.07) is 10.8. The van der Waals surface area contributed by atoms with Crippen molar-refractivity contribution in [1.29, 1.82) is 0 Å². The third kappa shape index (κ3) is 4.83. The molecule has 1 aromatic carbocycles. The topological polar surface area (TPSA) is 9.23 Å². The molecule has 1 nitrogen and oxygen atoms in total. The van der Waals surface area contributed by atoms with Crippen LogP contribution in [0.4, 0.5) is 0 Å². The zero-order valence-electron chi connectivity index (χ0n) is 18.8. The lowest BCUT2D eigenvalue weighted by atomic mass is 9.62. The molecule has 2 fully saturated rings. The lowest BCUT2D eigenvalue weighted by Crippen LogP contribution is -2.37. The summed E-state index contributed by atoms with van der Waals surface area (Å²) in [6.07, 6.45) is 24.4. The molecule has 3 aliphatic rings. The number of ether oxygens (including phenoxy) is 1. The Hall–Kier alpha value is -1.60. The number of hydrogen-bond acceptors (Lipinski definition) is 1. The molecule has 30 heavy (non-hydrogen) atoms. The number of rotatable bonds is 7. The van der Waals surface area contributed by atoms with Gasteiger partial charge in [-0.2, -0.15) is 0 Å². The Kier molecular flexibility index (Phi) is 7.31. The highest BCUT2D eigenvalue weighted by molar-refractivity contribution is 5.34. The average Bonchev–Trinajstić information content (AvgIpc) is 2.81. The molecule has 0 radical (unpaired) electrons. The molecule has 0 unspecified atom stereocenters. The molecule has 0 spiro atoms. The fourth-order valence-corrected chi connectivity index (χ4v) is 6.58. The van der Waals surface area contributed by atoms with E-state index in [1.165, 1.54) is 63.4 Å². The molecule has 0 aliphatic heterocycles. The molecule has 162 valence electrons. The van der Waals surface area contributed by atoms with Crippen molar-refractivity contribution in [3.05, 3.63) is 72.9 Å². The van der Waals surface area contributed by atoms with E-state index in [0.29, 0.717) is 5.92 Å². The fraction of sp³-hybridized carbons (Fsp3) is 0.586. The second-order valence-corrected chi connectivity index (χ2v) is 10.1. The van der Waals surface area contributed by atoms with Crippen LogP contribution in [0.3, 0.4) is 0 Å². The van der Waals surface area contributed by atoms with Crippen molar-refractivity contribution in [1.82, 2.24) is 0 Å². The zero-order chi connectivity index (χ0) is 20.8. The Morgan fingerprint density at radius 3 is 2.07 bits per heavy atom. The molecule has 1 aromatic rings. The van der Waals surface area contributed by atoms with E-state index >= 15 is 0 Å². The minimum atomic E-state index is 0.0899. The largest absolute Gasteiger partial charge is 0.383 e. The van der Waals surface area contributed by atoms with Gasteiger partial charge >= 0.3 is 0 Å². The van der Waals surface area contributed by atoms with Gasteiger partial charge in [-0.25, -0.2) is 0 Å². The van der Waals surface area contributed by atoms with E-state index < -0.39 is 0 Å². The monoisotopic (exact) mass is 404 g/mol. The smallest absolute Gasteiger partial charge is 0.0590 e. The molecular weight excluding hydrogens is 364 g/mol. The van der Waals surface area contributed by atoms with Gasteiger partial charge in [0.1, 0.15) is 0 Å². The van der Waals surface area contributed by atoms with Gasteiger partial charge < -0.3 is 4.74 Å². The summed E-state index contributed by atoms with van der Waals surface area (Å²) >= 11 is 0. The molecule has 0 heterocycles. The van der Waals surface area contributed by atoms with E-state index in [-0.39, 0.29) is 5.41 Å². The van der Waals surface area contributed by atoms with Gasteiger partial charge in [0, 0.05) is 18.4 Å². The summed E-state index contributed by atoms with van der Waals surface area (Å²) in [7, 11) is 1.86. The van der Waals surface area contributed by atoms with Crippen LogP contribution >= 0.6 is 0 Å². The molecule has 0 saturated heterocycles. The van der Waals surface area contributed by atoms with Crippen molar-refractivity contribution < 1.29 is 4.74 Å². The normalized spacial score (nSPS) is 36.5. The van der Waals surface area contributed by atoms with Gasteiger partial charge in [-0.05, 0) is 87.0 Å². The third-order valence-corrected chi connectivity index (χ3v) is 8.40. The molecule has 0 atom stereocenters. The highest BCUT2D eigenvalue weighted by atomic mass is 16.5. The Morgan fingerprint density at radius 1 is 0.900 bits per heavy atom. The van der Waals surface area contributed by atoms with Crippen LogP contribution in [-0.4, -0.2) is 13.7 Å². The van der Waals surface area contributed by atoms with E-state index in [0.717, 1.165) is 30.3 Å². The molecule has 0 amide bonds. The molecular formula is C29H40O. The van der Waals surface area contributed by atoms with Crippen molar-refractivity contribution in [2.24, 2.45) is 29.1 Å². The maximum Gasteiger partial charge on any atom is 0.0590 e. The minimum absolute atomic E-state index is 0.0899. The van der Waals surface area contributed by atoms with Crippen LogP contribution in [0.2, 0.25) is 0 Å². The maximum absolute atomic E-state index is 5.75. The Bertz CT molecular complexity index is 700. The van der Waals surface area contributed by atoms with Crippen molar-refractivity contribution in [2.75, 3.05) is 13.7 Å². The highest BCUT2D eigenvalue weighted by Gasteiger charge is 2.40. The second-order valence-electron chi connectivity index (χ2n) is 10.1. The number of methoxy groups -OCH3 is 1. The van der Waals surface area contributed by atoms with Crippen molar-refractivity contribution in [3.8, 4) is 0 Å². The van der Waals surface area contributed by atoms with Gasteiger partial charge in [-0.3, -0.25) is 0 Å². The molecule has 1 heteroatoms. The highest BCUT2D eigenvalue weighted by Crippen LogP contribution is 2.49. The van der Waals surface area contributed by atoms with Crippen LogP contribution < -0.4 is 0 Å². The van der Waals surface area contributed by atoms with E-state index in [9.17, 15) is 0 Å². The maximum atomic E-state index is 5.75. The summed E-state index contributed by atoms with van der Waals surface area (Å²) in [5, 5.41) is 0. The van der Waals surface area contributed by atoms with Gasteiger partial charge in [0.05, 0.1) is 6.61 Å². The van der Waals surface area contributed by atoms with Crippen LogP contribution in [0.1, 0.15) is 69.3 Å². The van der Waals surface area contributed by atoms with Crippen LogP contribution in [0, 0.1) is 29.1 Å². The summed E-state index contributed by atoms with van der Waals surface area (Å²) in [4.78, 5) is 0. The number of benzene rings is 1. The minimum Gasteiger partial charge on any atom is -0.383 e. The van der Waals surface area contributed by atoms with Crippen molar-refractivity contribution in [3.63, 3.8) is 0 Å². The first-order valence-electron chi connectivity index (χ1n) is 12.3. The summed E-state index contributed by atoms with van der Waals surface area (Å²) in [6.45, 7) is 4.75. The Morgan fingerprint density at radius 2 is 1.50 bits per heavy atom. The number of hydrogen-bond donors (Lipinski definition) is 0. The van der Waals surface area contributed by atoms with Crippen LogP contribution in [0.15, 0.2) is 67.3 Å². The van der Waals surface area contributed by atoms with Gasteiger partial charge in [-0.1, -0.05) is 60.7 Å². The quantitative estimate of drug-likeness (QED) is 0.423. The van der Waals surface area contributed by atoms with Crippen LogP contribution in [0.5, 0.6) is 0 Å². The van der Waals surface area contributed by atoms with E-state index in [1.54, 1.807) is 0 Å². The standard InChI is InChI=1S/C29H40O/c1-3-7-23-10-12-25(13-11-23)26-14-16-28(17-15-26)29(22-30-2)20-18-27(19-21-29)24-8-5-4-6-9-24/h3-6,8-9,18-21,23,25-28H,1,7,10-17,22H2,2H3/t23-,25-,26?,27?,28?,29?. The third-order valence-electron chi connectivity index (χ3n) is 8.40. The predicted molar refractivity (Wildman–Crippen MR) is 127 cm³/mol. The van der Waals surface area contributed by atoms with Crippen molar-refractivity contribution in [2.45, 2.75) is 63.7 Å². The van der Waals surface area contributed by atoms with Crippen LogP contribution in [-0.2, 0) is 4.74 Å². The van der Waals surface area contributed by atoms with Crippen LogP contribution in [0.25, 0.3) is 0 Å². The second kappa shape index (κ2) is 10.1. The first-order chi connectivity index (χ1) is 14.7. The molecule has 3 aliphatic carbocycles. The zero-order valence-corrected chi connectivity index (χ0v) is 18.8. The van der Waals surface area contributed by atoms with E-state index in [1.807, 2.05) is 7.11 Å². The predicted octanol–water partition coefficient (Wildman–Crippen LogP) is 7.72. The van der Waals surface area contributed by atoms with Gasteiger partial charge in [0.25, 0.3) is 0 Å². The van der Waals surface area contributed by atoms with Gasteiger partial charge in [0.15, 0.2) is 0 Å². The summed E-state index contributed by atoms with van der Waals surface area (Å²) < 4.78 is 5.75. The first kappa shape index (κ1) is 21.6. The lowest BCUT2D eigenvalue weighted by Gasteiger charge is -2.44. The molecule has 0 aromatic heterocycles. The van der Waals surface area contributed by atoms with Gasteiger partial charge in [0.2, 0.25) is 0 Å². The summed E-state index contributed by atoms with van der Waals surface area (Å²) in [5.74, 6) is 3.97. The fourth-order valence-electron chi connectivity index (χ4n) is 6.58. The van der Waals surface area contributed by atoms with Gasteiger partial charge in [-0.15, -0.1) is 6.58 Å². The number of allylic oxidation sites excluding steroid dienone is 3. The molecule has 4 rings (SSSR count). The SMILES string of the molecule is C=CC[C@H]1CC[C@H](C2CCC(C3(COC)C=CC(c4ccccc4)C=C3)CC2)CC1. The lowest BCUT2D eigenvalue weighted by molar-refractivity contribution is 0.0601. The average molecular weight is 405 g/mol. The van der Waals surface area contributed by atoms with E-state index in [2.05, 4.69) is 67.3 Å². The van der Waals surface area contributed by atoms with Crippen molar-refractivity contribution >= 4 is 0 Å². The molecule has 0 bridgehead atoms. The first-order valence-corrected chi connectivity index (χ1v) is 12.3. The molecule has 0 N–H and O–H groups in total.